The molecule has 0 atom stereocenters. The lowest BCUT2D eigenvalue weighted by Crippen LogP contribution is -2.36. The van der Waals surface area contributed by atoms with E-state index in [1.54, 1.807) is 0 Å². The first-order valence-electron chi connectivity index (χ1n) is 7.93. The van der Waals surface area contributed by atoms with Crippen LogP contribution >= 0.6 is 0 Å². The third-order valence-electron chi connectivity index (χ3n) is 4.29. The molecule has 0 aliphatic rings. The summed E-state index contributed by atoms with van der Waals surface area (Å²) in [6.45, 7) is 0. The Balaban J connectivity index is 1.85. The van der Waals surface area contributed by atoms with Gasteiger partial charge in [0.05, 0.1) is 0 Å². The molecule has 8 nitrogen and oxygen atoms in total. The van der Waals surface area contributed by atoms with Crippen LogP contribution in [0.4, 0.5) is 0 Å². The summed E-state index contributed by atoms with van der Waals surface area (Å²) in [6, 6.07) is 20.4. The molecule has 2 heterocycles. The third kappa shape index (κ3) is 3.01. The molecule has 0 saturated heterocycles. The van der Waals surface area contributed by atoms with Gasteiger partial charge in [0.15, 0.2) is 11.6 Å². The maximum Gasteiger partial charge on any atom is 0.163 e. The maximum atomic E-state index is 4.20. The first kappa shape index (κ1) is 15.1. The van der Waals surface area contributed by atoms with Crippen molar-refractivity contribution in [1.82, 2.24) is 41.2 Å². The lowest BCUT2D eigenvalue weighted by Gasteiger charge is -2.28. The SMILES string of the molecule is c1ccc(CC(Cc2ccccc2)(c2nnn[nH]2)c2nnn[nH]2)cc1. The Morgan fingerprint density at radius 3 is 1.44 bits per heavy atom. The first-order valence-corrected chi connectivity index (χ1v) is 7.93. The molecule has 8 heteroatoms. The van der Waals surface area contributed by atoms with Gasteiger partial charge in [0, 0.05) is 0 Å². The van der Waals surface area contributed by atoms with Crippen molar-refractivity contribution in [2.45, 2.75) is 18.3 Å². The monoisotopic (exact) mass is 332 g/mol. The van der Waals surface area contributed by atoms with E-state index in [-0.39, 0.29) is 0 Å². The number of benzene rings is 2. The van der Waals surface area contributed by atoms with E-state index in [9.17, 15) is 0 Å². The molecule has 2 aromatic heterocycles. The standard InChI is InChI=1S/C17H16N8/c1-3-7-13(8-4-1)11-17(15-18-22-23-19-15,16-20-24-25-21-16)12-14-9-5-2-6-10-14/h1-10H,11-12H2,(H,18,19,22,23)(H,20,21,24,25). The summed E-state index contributed by atoms with van der Waals surface area (Å²) in [6.07, 6.45) is 1.30. The zero-order valence-corrected chi connectivity index (χ0v) is 13.4. The van der Waals surface area contributed by atoms with Crippen molar-refractivity contribution >= 4 is 0 Å². The van der Waals surface area contributed by atoms with E-state index >= 15 is 0 Å². The molecule has 0 saturated carbocycles. The number of aromatic nitrogens is 8. The Bertz CT molecular complexity index is 811. The van der Waals surface area contributed by atoms with E-state index in [0.29, 0.717) is 24.5 Å². The smallest absolute Gasteiger partial charge is 0.163 e. The molecule has 4 aromatic rings. The van der Waals surface area contributed by atoms with Crippen molar-refractivity contribution in [2.24, 2.45) is 0 Å². The van der Waals surface area contributed by atoms with Crippen LogP contribution in [0.5, 0.6) is 0 Å². The van der Waals surface area contributed by atoms with Gasteiger partial charge in [-0.3, -0.25) is 0 Å². The van der Waals surface area contributed by atoms with Crippen molar-refractivity contribution in [3.63, 3.8) is 0 Å². The van der Waals surface area contributed by atoms with E-state index < -0.39 is 5.41 Å². The molecule has 4 rings (SSSR count). The maximum absolute atomic E-state index is 4.20. The molecule has 0 spiro atoms. The largest absolute Gasteiger partial charge is 0.242 e. The minimum absolute atomic E-state index is 0.624. The Labute approximate surface area is 143 Å². The molecule has 0 aliphatic carbocycles. The molecule has 2 N–H and O–H groups in total. The van der Waals surface area contributed by atoms with Gasteiger partial charge in [-0.2, -0.15) is 0 Å². The summed E-state index contributed by atoms with van der Waals surface area (Å²) in [4.78, 5) is 0. The Kier molecular flexibility index (Phi) is 3.99. The van der Waals surface area contributed by atoms with Crippen molar-refractivity contribution in [3.05, 3.63) is 83.4 Å². The summed E-state index contributed by atoms with van der Waals surface area (Å²) >= 11 is 0. The number of aromatic amines is 2. The number of hydrogen-bond acceptors (Lipinski definition) is 6. The van der Waals surface area contributed by atoms with Gasteiger partial charge >= 0.3 is 0 Å². The predicted octanol–water partition coefficient (Wildman–Crippen LogP) is 1.48. The quantitative estimate of drug-likeness (QED) is 0.553. The van der Waals surface area contributed by atoms with E-state index in [4.69, 9.17) is 0 Å². The van der Waals surface area contributed by atoms with Gasteiger partial charge in [-0.15, -0.1) is 10.2 Å². The van der Waals surface area contributed by atoms with Crippen LogP contribution in [0.15, 0.2) is 60.7 Å². The molecule has 2 aromatic carbocycles. The molecule has 124 valence electrons. The van der Waals surface area contributed by atoms with Crippen molar-refractivity contribution in [2.75, 3.05) is 0 Å². The van der Waals surface area contributed by atoms with Crippen molar-refractivity contribution in [3.8, 4) is 0 Å². The fourth-order valence-corrected chi connectivity index (χ4v) is 3.12. The average Bonchev–Trinajstić information content (AvgIpc) is 3.37. The van der Waals surface area contributed by atoms with Gasteiger partial charge in [0.1, 0.15) is 5.41 Å². The van der Waals surface area contributed by atoms with Crippen LogP contribution in [0.1, 0.15) is 22.8 Å². The molecule has 25 heavy (non-hydrogen) atoms. The zero-order valence-electron chi connectivity index (χ0n) is 13.4. The molecule has 0 aliphatic heterocycles. The summed E-state index contributed by atoms with van der Waals surface area (Å²) in [7, 11) is 0. The molecule has 0 unspecified atom stereocenters. The summed E-state index contributed by atoms with van der Waals surface area (Å²) in [5.74, 6) is 1.25. The predicted molar refractivity (Wildman–Crippen MR) is 89.4 cm³/mol. The summed E-state index contributed by atoms with van der Waals surface area (Å²) in [5.41, 5.74) is 1.66. The lowest BCUT2D eigenvalue weighted by molar-refractivity contribution is 0.446. The molecule has 0 fully saturated rings. The van der Waals surface area contributed by atoms with Crippen molar-refractivity contribution in [1.29, 1.82) is 0 Å². The van der Waals surface area contributed by atoms with Crippen molar-refractivity contribution < 1.29 is 0 Å². The summed E-state index contributed by atoms with van der Waals surface area (Å²) in [5, 5.41) is 29.4. The minimum atomic E-state index is -0.629. The number of rotatable bonds is 6. The summed E-state index contributed by atoms with van der Waals surface area (Å²) < 4.78 is 0. The third-order valence-corrected chi connectivity index (χ3v) is 4.29. The van der Waals surface area contributed by atoms with Gasteiger partial charge in [-0.1, -0.05) is 60.7 Å². The van der Waals surface area contributed by atoms with Gasteiger partial charge < -0.3 is 0 Å². The highest BCUT2D eigenvalue weighted by atomic mass is 15.5. The van der Waals surface area contributed by atoms with E-state index in [2.05, 4.69) is 65.5 Å². The van der Waals surface area contributed by atoms with Crippen LogP contribution in [0.25, 0.3) is 0 Å². The van der Waals surface area contributed by atoms with E-state index in [1.165, 1.54) is 0 Å². The van der Waals surface area contributed by atoms with Crippen LogP contribution in [-0.4, -0.2) is 41.2 Å². The average molecular weight is 332 g/mol. The van der Waals surface area contributed by atoms with E-state index in [0.717, 1.165) is 11.1 Å². The number of tetrazole rings is 2. The number of hydrogen-bond donors (Lipinski definition) is 2. The highest BCUT2D eigenvalue weighted by molar-refractivity contribution is 5.32. The van der Waals surface area contributed by atoms with Gasteiger partial charge in [0.25, 0.3) is 0 Å². The van der Waals surface area contributed by atoms with Crippen LogP contribution in [0.3, 0.4) is 0 Å². The Hall–Kier alpha value is -3.42. The van der Waals surface area contributed by atoms with Crippen LogP contribution < -0.4 is 0 Å². The lowest BCUT2D eigenvalue weighted by atomic mass is 9.75. The second kappa shape index (κ2) is 6.60. The molecular weight excluding hydrogens is 316 g/mol. The normalized spacial score (nSPS) is 11.5. The molecular formula is C17H16N8. The molecule has 0 bridgehead atoms. The minimum Gasteiger partial charge on any atom is -0.242 e. The first-order chi connectivity index (χ1) is 12.4. The number of nitrogens with one attached hydrogen (secondary N) is 2. The highest BCUT2D eigenvalue weighted by Crippen LogP contribution is 2.34. The Morgan fingerprint density at radius 1 is 0.640 bits per heavy atom. The topological polar surface area (TPSA) is 109 Å². The molecule has 0 radical (unpaired) electrons. The Morgan fingerprint density at radius 2 is 1.08 bits per heavy atom. The highest BCUT2D eigenvalue weighted by Gasteiger charge is 2.41. The van der Waals surface area contributed by atoms with Gasteiger partial charge in [-0.05, 0) is 44.8 Å². The van der Waals surface area contributed by atoms with Crippen LogP contribution in [0, 0.1) is 0 Å². The fraction of sp³-hybridized carbons (Fsp3) is 0.176. The van der Waals surface area contributed by atoms with Crippen LogP contribution in [-0.2, 0) is 18.3 Å². The van der Waals surface area contributed by atoms with Gasteiger partial charge in [0.2, 0.25) is 0 Å². The van der Waals surface area contributed by atoms with Gasteiger partial charge in [-0.25, -0.2) is 10.2 Å². The fourth-order valence-electron chi connectivity index (χ4n) is 3.12. The second-order valence-electron chi connectivity index (χ2n) is 5.91. The zero-order chi connectivity index (χ0) is 17.0. The number of H-pyrrole nitrogens is 2. The van der Waals surface area contributed by atoms with E-state index in [1.807, 2.05) is 36.4 Å². The molecule has 0 amide bonds. The van der Waals surface area contributed by atoms with Crippen LogP contribution in [0.2, 0.25) is 0 Å². The number of nitrogens with zero attached hydrogens (tertiary/aromatic N) is 6. The second-order valence-corrected chi connectivity index (χ2v) is 5.91.